The predicted octanol–water partition coefficient (Wildman–Crippen LogP) is 1.55. The summed E-state index contributed by atoms with van der Waals surface area (Å²) in [6.45, 7) is 1.85. The molecule has 0 aliphatic heterocycles. The monoisotopic (exact) mass is 268 g/mol. The number of carbonyl (C=O) groups is 2. The van der Waals surface area contributed by atoms with Gasteiger partial charge in [0.2, 0.25) is 0 Å². The molecule has 0 saturated heterocycles. The molecule has 0 bridgehead atoms. The van der Waals surface area contributed by atoms with E-state index in [0.29, 0.717) is 11.5 Å². The summed E-state index contributed by atoms with van der Waals surface area (Å²) in [5.74, 6) is -0.856. The van der Waals surface area contributed by atoms with Gasteiger partial charge in [0.05, 0.1) is 26.4 Å². The molecule has 0 aliphatic rings. The van der Waals surface area contributed by atoms with Crippen molar-refractivity contribution in [1.82, 2.24) is 0 Å². The number of benzene rings is 1. The van der Waals surface area contributed by atoms with Crippen LogP contribution >= 0.6 is 0 Å². The average Bonchev–Trinajstić information content (AvgIpc) is 2.38. The second-order valence-electron chi connectivity index (χ2n) is 3.63. The molecule has 1 aromatic rings. The number of Topliss-reactive ketones (excluding diaryl/α,β-unsaturated/α-hetero) is 1. The van der Waals surface area contributed by atoms with E-state index in [-0.39, 0.29) is 17.9 Å². The lowest BCUT2D eigenvalue weighted by atomic mass is 10.1. The fraction of sp³-hybridized carbons (Fsp3) is 0.385. The molecule has 6 heteroatoms. The number of methoxy groups -OCH3 is 2. The van der Waals surface area contributed by atoms with E-state index in [1.54, 1.807) is 6.92 Å². The van der Waals surface area contributed by atoms with Crippen LogP contribution in [-0.2, 0) is 9.53 Å². The Morgan fingerprint density at radius 3 is 2.26 bits per heavy atom. The number of hydrogen-bond donors (Lipinski definition) is 1. The highest BCUT2D eigenvalue weighted by molar-refractivity contribution is 6.07. The highest BCUT2D eigenvalue weighted by Crippen LogP contribution is 2.34. The average molecular weight is 268 g/mol. The highest BCUT2D eigenvalue weighted by atomic mass is 16.5. The zero-order valence-electron chi connectivity index (χ0n) is 11.1. The Kier molecular flexibility index (Phi) is 5.17. The van der Waals surface area contributed by atoms with Gasteiger partial charge in [-0.2, -0.15) is 0 Å². The molecule has 0 amide bonds. The summed E-state index contributed by atoms with van der Waals surface area (Å²) < 4.78 is 14.7. The van der Waals surface area contributed by atoms with Crippen molar-refractivity contribution in [3.05, 3.63) is 17.7 Å². The number of phenols is 1. The van der Waals surface area contributed by atoms with Crippen LogP contribution in [0.25, 0.3) is 0 Å². The maximum atomic E-state index is 11.9. The smallest absolute Gasteiger partial charge is 0.313 e. The zero-order chi connectivity index (χ0) is 14.4. The second-order valence-corrected chi connectivity index (χ2v) is 3.63. The molecule has 1 aromatic carbocycles. The Hall–Kier alpha value is -2.24. The number of rotatable bonds is 6. The summed E-state index contributed by atoms with van der Waals surface area (Å²) >= 11 is 0. The van der Waals surface area contributed by atoms with Gasteiger partial charge in [0.1, 0.15) is 12.2 Å². The van der Waals surface area contributed by atoms with Crippen LogP contribution in [-0.4, -0.2) is 37.7 Å². The van der Waals surface area contributed by atoms with Gasteiger partial charge in [-0.05, 0) is 13.0 Å². The Bertz CT molecular complexity index is 480. The third-order valence-electron chi connectivity index (χ3n) is 2.41. The molecule has 0 atom stereocenters. The van der Waals surface area contributed by atoms with Crippen molar-refractivity contribution >= 4 is 11.8 Å². The lowest BCUT2D eigenvalue weighted by Gasteiger charge is -2.10. The fourth-order valence-electron chi connectivity index (χ4n) is 1.53. The normalized spacial score (nSPS) is 9.84. The largest absolute Gasteiger partial charge is 0.507 e. The van der Waals surface area contributed by atoms with Crippen LogP contribution in [0.1, 0.15) is 23.7 Å². The van der Waals surface area contributed by atoms with Crippen LogP contribution < -0.4 is 9.47 Å². The molecule has 0 spiro atoms. The van der Waals surface area contributed by atoms with Crippen LogP contribution in [0.2, 0.25) is 0 Å². The number of ether oxygens (including phenoxy) is 3. The van der Waals surface area contributed by atoms with Gasteiger partial charge in [-0.15, -0.1) is 0 Å². The third-order valence-corrected chi connectivity index (χ3v) is 2.41. The topological polar surface area (TPSA) is 82.1 Å². The molecular weight excluding hydrogens is 252 g/mol. The molecule has 1 rings (SSSR count). The zero-order valence-corrected chi connectivity index (χ0v) is 11.1. The molecule has 1 N–H and O–H groups in total. The molecule has 0 aliphatic carbocycles. The van der Waals surface area contributed by atoms with Gasteiger partial charge in [-0.1, -0.05) is 0 Å². The van der Waals surface area contributed by atoms with Crippen LogP contribution in [0.3, 0.4) is 0 Å². The van der Waals surface area contributed by atoms with Gasteiger partial charge in [-0.25, -0.2) is 0 Å². The fourth-order valence-corrected chi connectivity index (χ4v) is 1.53. The van der Waals surface area contributed by atoms with Crippen LogP contribution in [0, 0.1) is 0 Å². The summed E-state index contributed by atoms with van der Waals surface area (Å²) in [7, 11) is 2.83. The van der Waals surface area contributed by atoms with Crippen molar-refractivity contribution < 1.29 is 28.9 Å². The molecule has 19 heavy (non-hydrogen) atoms. The lowest BCUT2D eigenvalue weighted by Crippen LogP contribution is -2.11. The van der Waals surface area contributed by atoms with Gasteiger partial charge in [0.25, 0.3) is 0 Å². The van der Waals surface area contributed by atoms with Gasteiger partial charge >= 0.3 is 5.97 Å². The minimum atomic E-state index is -0.637. The Balaban J connectivity index is 3.00. The van der Waals surface area contributed by atoms with E-state index >= 15 is 0 Å². The van der Waals surface area contributed by atoms with E-state index in [2.05, 4.69) is 4.74 Å². The first-order valence-corrected chi connectivity index (χ1v) is 5.67. The van der Waals surface area contributed by atoms with E-state index in [9.17, 15) is 14.7 Å². The number of carbonyl (C=O) groups excluding carboxylic acids is 2. The first-order chi connectivity index (χ1) is 9.03. The van der Waals surface area contributed by atoms with Gasteiger partial charge in [0, 0.05) is 6.07 Å². The molecule has 0 unspecified atom stereocenters. The molecule has 0 saturated carbocycles. The van der Waals surface area contributed by atoms with Crippen LogP contribution in [0.4, 0.5) is 0 Å². The first-order valence-electron chi connectivity index (χ1n) is 5.67. The Morgan fingerprint density at radius 1 is 1.16 bits per heavy atom. The number of esters is 1. The van der Waals surface area contributed by atoms with Crippen molar-refractivity contribution in [2.45, 2.75) is 13.3 Å². The number of aromatic hydroxyl groups is 1. The molecule has 0 heterocycles. The van der Waals surface area contributed by atoms with E-state index in [0.717, 1.165) is 0 Å². The summed E-state index contributed by atoms with van der Waals surface area (Å²) in [6.07, 6.45) is -0.434. The van der Waals surface area contributed by atoms with Gasteiger partial charge in [-0.3, -0.25) is 9.59 Å². The quantitative estimate of drug-likeness (QED) is 0.479. The maximum absolute atomic E-state index is 11.9. The standard InChI is InChI=1S/C13H16O6/c1-4-19-13(16)7-10(15)8-5-11(17-2)12(18-3)6-9(8)14/h5-6,14H,4,7H2,1-3H3. The molecule has 0 radical (unpaired) electrons. The van der Waals surface area contributed by atoms with E-state index in [1.807, 2.05) is 0 Å². The van der Waals surface area contributed by atoms with Crippen molar-refractivity contribution in [1.29, 1.82) is 0 Å². The Labute approximate surface area is 110 Å². The van der Waals surface area contributed by atoms with Gasteiger partial charge in [0.15, 0.2) is 17.3 Å². The molecule has 6 nitrogen and oxygen atoms in total. The Morgan fingerprint density at radius 2 is 1.74 bits per heavy atom. The summed E-state index contributed by atoms with van der Waals surface area (Å²) in [6, 6.07) is 2.59. The van der Waals surface area contributed by atoms with E-state index in [4.69, 9.17) is 9.47 Å². The molecule has 104 valence electrons. The second kappa shape index (κ2) is 6.63. The van der Waals surface area contributed by atoms with Crippen molar-refractivity contribution in [3.63, 3.8) is 0 Å². The van der Waals surface area contributed by atoms with E-state index < -0.39 is 18.2 Å². The first kappa shape index (κ1) is 14.8. The maximum Gasteiger partial charge on any atom is 0.313 e. The number of ketones is 1. The van der Waals surface area contributed by atoms with Crippen molar-refractivity contribution in [3.8, 4) is 17.2 Å². The number of hydrogen-bond acceptors (Lipinski definition) is 6. The highest BCUT2D eigenvalue weighted by Gasteiger charge is 2.19. The minimum Gasteiger partial charge on any atom is -0.507 e. The summed E-state index contributed by atoms with van der Waals surface area (Å²) in [5, 5.41) is 9.75. The van der Waals surface area contributed by atoms with Crippen molar-refractivity contribution in [2.75, 3.05) is 20.8 Å². The lowest BCUT2D eigenvalue weighted by molar-refractivity contribution is -0.141. The summed E-state index contributed by atoms with van der Waals surface area (Å²) in [4.78, 5) is 23.1. The summed E-state index contributed by atoms with van der Waals surface area (Å²) in [5.41, 5.74) is -0.00861. The molecule has 0 aromatic heterocycles. The third kappa shape index (κ3) is 3.61. The molecule has 0 fully saturated rings. The van der Waals surface area contributed by atoms with Crippen LogP contribution in [0.5, 0.6) is 17.2 Å². The molecular formula is C13H16O6. The van der Waals surface area contributed by atoms with Crippen LogP contribution in [0.15, 0.2) is 12.1 Å². The van der Waals surface area contributed by atoms with Gasteiger partial charge < -0.3 is 19.3 Å². The van der Waals surface area contributed by atoms with Crippen molar-refractivity contribution in [2.24, 2.45) is 0 Å². The number of phenolic OH excluding ortho intramolecular Hbond substituents is 1. The predicted molar refractivity (Wildman–Crippen MR) is 66.8 cm³/mol. The van der Waals surface area contributed by atoms with E-state index in [1.165, 1.54) is 26.4 Å². The SMILES string of the molecule is CCOC(=O)CC(=O)c1cc(OC)c(OC)cc1O. The minimum absolute atomic E-state index is 0.00861.